The predicted octanol–water partition coefficient (Wildman–Crippen LogP) is 3.76. The molecular weight excluding hydrogens is 428 g/mol. The van der Waals surface area contributed by atoms with Gasteiger partial charge < -0.3 is 26.4 Å². The van der Waals surface area contributed by atoms with Gasteiger partial charge >= 0.3 is 0 Å². The lowest BCUT2D eigenvalue weighted by Crippen LogP contribution is -2.35. The molecule has 2 aromatic rings. The molecule has 1 aliphatic carbocycles. The highest BCUT2D eigenvalue weighted by molar-refractivity contribution is 5.58. The van der Waals surface area contributed by atoms with Crippen LogP contribution in [0.1, 0.15) is 51.0 Å². The second kappa shape index (κ2) is 11.7. The molecule has 0 spiro atoms. The molecule has 1 saturated carbocycles. The van der Waals surface area contributed by atoms with Gasteiger partial charge in [0.05, 0.1) is 7.11 Å². The Balaban J connectivity index is 1.48. The highest BCUT2D eigenvalue weighted by Gasteiger charge is 2.23. The molecule has 186 valence electrons. The maximum absolute atomic E-state index is 6.18. The minimum atomic E-state index is 0.305. The Morgan fingerprint density at radius 1 is 1.03 bits per heavy atom. The van der Waals surface area contributed by atoms with Crippen LogP contribution in [0.3, 0.4) is 0 Å². The average Bonchev–Trinajstić information content (AvgIpc) is 3.29. The van der Waals surface area contributed by atoms with Crippen LogP contribution in [0.4, 0.5) is 23.5 Å². The summed E-state index contributed by atoms with van der Waals surface area (Å²) in [5.74, 6) is 3.10. The SMILES string of the molecule is CCN1CCCC1CNc1nc(NCC2CCCC(N)C2)nc(Nc2ccc(OC)c(C)c2)n1. The standard InChI is InChI=1S/C25H40N8O/c1-4-33-12-6-9-21(33)16-28-24-30-23(27-15-18-7-5-8-19(26)14-18)31-25(32-24)29-20-10-11-22(34-3)17(2)13-20/h10-11,13,18-19,21H,4-9,12,14-16,26H2,1-3H3,(H3,27,28,29,30,31,32). The van der Waals surface area contributed by atoms with Crippen molar-refractivity contribution in [3.05, 3.63) is 23.8 Å². The van der Waals surface area contributed by atoms with Gasteiger partial charge in [-0.2, -0.15) is 15.0 Å². The Morgan fingerprint density at radius 2 is 1.79 bits per heavy atom. The van der Waals surface area contributed by atoms with Gasteiger partial charge in [-0.3, -0.25) is 4.90 Å². The molecule has 0 amide bonds. The molecule has 0 bridgehead atoms. The van der Waals surface area contributed by atoms with E-state index in [0.717, 1.165) is 49.5 Å². The molecule has 1 aliphatic heterocycles. The van der Waals surface area contributed by atoms with Gasteiger partial charge in [0.15, 0.2) is 0 Å². The summed E-state index contributed by atoms with van der Waals surface area (Å²) in [5.41, 5.74) is 8.14. The lowest BCUT2D eigenvalue weighted by Gasteiger charge is -2.26. The van der Waals surface area contributed by atoms with Crippen LogP contribution >= 0.6 is 0 Å². The van der Waals surface area contributed by atoms with E-state index in [4.69, 9.17) is 10.5 Å². The second-order valence-corrected chi connectivity index (χ2v) is 9.59. The summed E-state index contributed by atoms with van der Waals surface area (Å²) in [4.78, 5) is 16.5. The number of benzene rings is 1. The van der Waals surface area contributed by atoms with E-state index in [1.807, 2.05) is 25.1 Å². The third-order valence-electron chi connectivity index (χ3n) is 7.06. The van der Waals surface area contributed by atoms with E-state index in [1.54, 1.807) is 7.11 Å². The zero-order valence-corrected chi connectivity index (χ0v) is 20.8. The molecule has 3 unspecified atom stereocenters. The Kier molecular flexibility index (Phi) is 8.39. The van der Waals surface area contributed by atoms with E-state index in [0.29, 0.717) is 35.8 Å². The number of likely N-dealkylation sites (N-methyl/N-ethyl adjacent to an activating group) is 1. The van der Waals surface area contributed by atoms with Crippen molar-refractivity contribution in [2.45, 2.75) is 64.5 Å². The average molecular weight is 469 g/mol. The number of methoxy groups -OCH3 is 1. The lowest BCUT2D eigenvalue weighted by atomic mass is 9.86. The molecular formula is C25H40N8O. The molecule has 9 nitrogen and oxygen atoms in total. The fourth-order valence-corrected chi connectivity index (χ4v) is 5.18. The summed E-state index contributed by atoms with van der Waals surface area (Å²) in [6, 6.07) is 6.77. The van der Waals surface area contributed by atoms with E-state index in [2.05, 4.69) is 42.7 Å². The predicted molar refractivity (Wildman–Crippen MR) is 138 cm³/mol. The fourth-order valence-electron chi connectivity index (χ4n) is 5.18. The van der Waals surface area contributed by atoms with Crippen molar-refractivity contribution in [1.82, 2.24) is 19.9 Å². The zero-order chi connectivity index (χ0) is 23.9. The van der Waals surface area contributed by atoms with Gasteiger partial charge in [-0.05, 0) is 81.8 Å². The normalized spacial score (nSPS) is 23.0. The molecule has 9 heteroatoms. The van der Waals surface area contributed by atoms with E-state index >= 15 is 0 Å². The summed E-state index contributed by atoms with van der Waals surface area (Å²) < 4.78 is 5.38. The van der Waals surface area contributed by atoms with E-state index in [9.17, 15) is 0 Å². The van der Waals surface area contributed by atoms with Gasteiger partial charge in [0.1, 0.15) is 5.75 Å². The molecule has 3 atom stereocenters. The van der Waals surface area contributed by atoms with Crippen molar-refractivity contribution in [1.29, 1.82) is 0 Å². The third-order valence-corrected chi connectivity index (χ3v) is 7.06. The molecule has 1 saturated heterocycles. The number of aromatic nitrogens is 3. The van der Waals surface area contributed by atoms with Gasteiger partial charge in [-0.1, -0.05) is 13.3 Å². The smallest absolute Gasteiger partial charge is 0.233 e. The van der Waals surface area contributed by atoms with Crippen LogP contribution in [0, 0.1) is 12.8 Å². The topological polar surface area (TPSA) is 113 Å². The number of hydrogen-bond donors (Lipinski definition) is 4. The monoisotopic (exact) mass is 468 g/mol. The minimum absolute atomic E-state index is 0.305. The van der Waals surface area contributed by atoms with Crippen molar-refractivity contribution >= 4 is 23.5 Å². The molecule has 2 heterocycles. The number of hydrogen-bond acceptors (Lipinski definition) is 9. The molecule has 4 rings (SSSR count). The molecule has 2 fully saturated rings. The van der Waals surface area contributed by atoms with Gasteiger partial charge in [-0.15, -0.1) is 0 Å². The van der Waals surface area contributed by atoms with Crippen LogP contribution in [-0.4, -0.2) is 65.2 Å². The van der Waals surface area contributed by atoms with Crippen molar-refractivity contribution in [3.63, 3.8) is 0 Å². The van der Waals surface area contributed by atoms with E-state index < -0.39 is 0 Å². The molecule has 0 radical (unpaired) electrons. The van der Waals surface area contributed by atoms with Crippen LogP contribution in [0.15, 0.2) is 18.2 Å². The summed E-state index contributed by atoms with van der Waals surface area (Å²) in [6.45, 7) is 8.14. The number of anilines is 4. The third kappa shape index (κ3) is 6.48. The van der Waals surface area contributed by atoms with Crippen LogP contribution in [-0.2, 0) is 0 Å². The number of ether oxygens (including phenoxy) is 1. The summed E-state index contributed by atoms with van der Waals surface area (Å²) in [7, 11) is 1.68. The number of likely N-dealkylation sites (tertiary alicyclic amines) is 1. The first kappa shape index (κ1) is 24.5. The van der Waals surface area contributed by atoms with E-state index in [-0.39, 0.29) is 0 Å². The zero-order valence-electron chi connectivity index (χ0n) is 20.8. The maximum atomic E-state index is 6.18. The van der Waals surface area contributed by atoms with Crippen LogP contribution in [0.2, 0.25) is 0 Å². The van der Waals surface area contributed by atoms with Crippen molar-refractivity contribution < 1.29 is 4.74 Å². The lowest BCUT2D eigenvalue weighted by molar-refractivity contribution is 0.277. The van der Waals surface area contributed by atoms with Gasteiger partial charge in [0.25, 0.3) is 0 Å². The Bertz CT molecular complexity index is 939. The molecule has 1 aromatic heterocycles. The Hall–Kier alpha value is -2.65. The number of nitrogens with two attached hydrogens (primary N) is 1. The highest BCUT2D eigenvalue weighted by atomic mass is 16.5. The van der Waals surface area contributed by atoms with Crippen molar-refractivity contribution in [2.75, 3.05) is 49.2 Å². The number of nitrogens with zero attached hydrogens (tertiary/aromatic N) is 4. The first-order valence-corrected chi connectivity index (χ1v) is 12.7. The number of aryl methyl sites for hydroxylation is 1. The minimum Gasteiger partial charge on any atom is -0.496 e. The van der Waals surface area contributed by atoms with E-state index in [1.165, 1.54) is 32.2 Å². The molecule has 5 N–H and O–H groups in total. The van der Waals surface area contributed by atoms with Gasteiger partial charge in [0.2, 0.25) is 17.8 Å². The van der Waals surface area contributed by atoms with Gasteiger partial charge in [0, 0.05) is 30.9 Å². The highest BCUT2D eigenvalue weighted by Crippen LogP contribution is 2.25. The second-order valence-electron chi connectivity index (χ2n) is 9.59. The Morgan fingerprint density at radius 3 is 2.50 bits per heavy atom. The van der Waals surface area contributed by atoms with Crippen LogP contribution in [0.25, 0.3) is 0 Å². The summed E-state index contributed by atoms with van der Waals surface area (Å²) in [5, 5.41) is 10.3. The maximum Gasteiger partial charge on any atom is 0.233 e. The number of nitrogens with one attached hydrogen (secondary N) is 3. The van der Waals surface area contributed by atoms with Crippen LogP contribution < -0.4 is 26.4 Å². The van der Waals surface area contributed by atoms with Crippen molar-refractivity contribution in [2.24, 2.45) is 11.7 Å². The molecule has 34 heavy (non-hydrogen) atoms. The molecule has 1 aromatic carbocycles. The van der Waals surface area contributed by atoms with Gasteiger partial charge in [-0.25, -0.2) is 0 Å². The summed E-state index contributed by atoms with van der Waals surface area (Å²) >= 11 is 0. The molecule has 2 aliphatic rings. The van der Waals surface area contributed by atoms with Crippen LogP contribution in [0.5, 0.6) is 5.75 Å². The first-order chi connectivity index (χ1) is 16.5. The Labute approximate surface area is 203 Å². The van der Waals surface area contributed by atoms with Crippen molar-refractivity contribution in [3.8, 4) is 5.75 Å². The summed E-state index contributed by atoms with van der Waals surface area (Å²) in [6.07, 6.45) is 7.01. The first-order valence-electron chi connectivity index (χ1n) is 12.7. The quantitative estimate of drug-likeness (QED) is 0.414. The fraction of sp³-hybridized carbons (Fsp3) is 0.640. The number of rotatable bonds is 10. The largest absolute Gasteiger partial charge is 0.496 e.